The Labute approximate surface area is 164 Å². The van der Waals surface area contributed by atoms with E-state index in [9.17, 15) is 4.79 Å². The van der Waals surface area contributed by atoms with Crippen LogP contribution in [0.25, 0.3) is 0 Å². The Morgan fingerprint density at radius 3 is 2.68 bits per heavy atom. The van der Waals surface area contributed by atoms with Crippen molar-refractivity contribution >= 4 is 5.91 Å². The molecule has 0 unspecified atom stereocenters. The molecule has 1 aliphatic heterocycles. The maximum atomic E-state index is 12.2. The molecule has 0 radical (unpaired) electrons. The molecular weight excluding hydrogens is 354 g/mol. The first-order valence-corrected chi connectivity index (χ1v) is 9.33. The summed E-state index contributed by atoms with van der Waals surface area (Å²) in [6, 6.07) is 17.0. The molecule has 0 atom stereocenters. The zero-order valence-electron chi connectivity index (χ0n) is 16.0. The van der Waals surface area contributed by atoms with Gasteiger partial charge in [0.05, 0.1) is 12.8 Å². The molecule has 3 aromatic rings. The number of benzene rings is 2. The van der Waals surface area contributed by atoms with E-state index >= 15 is 0 Å². The van der Waals surface area contributed by atoms with E-state index in [0.717, 1.165) is 29.2 Å². The Morgan fingerprint density at radius 1 is 1.11 bits per heavy atom. The van der Waals surface area contributed by atoms with Gasteiger partial charge in [-0.2, -0.15) is 0 Å². The van der Waals surface area contributed by atoms with Crippen LogP contribution in [0.2, 0.25) is 0 Å². The van der Waals surface area contributed by atoms with Gasteiger partial charge in [0.2, 0.25) is 0 Å². The maximum absolute atomic E-state index is 12.2. The Bertz CT molecular complexity index is 959. The predicted molar refractivity (Wildman–Crippen MR) is 106 cm³/mol. The Hall–Kier alpha value is -3.21. The fourth-order valence-corrected chi connectivity index (χ4v) is 3.30. The van der Waals surface area contributed by atoms with Crippen LogP contribution in [0.4, 0.5) is 0 Å². The Morgan fingerprint density at radius 2 is 1.93 bits per heavy atom. The normalized spacial score (nSPS) is 14.2. The van der Waals surface area contributed by atoms with E-state index in [0.29, 0.717) is 18.7 Å². The third kappa shape index (κ3) is 4.03. The summed E-state index contributed by atoms with van der Waals surface area (Å²) in [6.45, 7) is 4.93. The van der Waals surface area contributed by atoms with Crippen LogP contribution in [0.3, 0.4) is 0 Å². The number of hydrogen-bond donors (Lipinski definition) is 1. The number of hydrogen-bond acceptors (Lipinski definition) is 4. The highest BCUT2D eigenvalue weighted by atomic mass is 16.5. The van der Waals surface area contributed by atoms with Crippen molar-refractivity contribution in [3.05, 3.63) is 83.3 Å². The summed E-state index contributed by atoms with van der Waals surface area (Å²) in [5.74, 6) is 2.17. The van der Waals surface area contributed by atoms with Gasteiger partial charge in [-0.3, -0.25) is 4.79 Å². The fraction of sp³-hybridized carbons (Fsp3) is 0.261. The van der Waals surface area contributed by atoms with Gasteiger partial charge in [0.25, 0.3) is 5.91 Å². The summed E-state index contributed by atoms with van der Waals surface area (Å²) < 4.78 is 17.2. The van der Waals surface area contributed by atoms with E-state index in [2.05, 4.69) is 25.2 Å². The van der Waals surface area contributed by atoms with Crippen molar-refractivity contribution in [1.29, 1.82) is 0 Å². The fourth-order valence-electron chi connectivity index (χ4n) is 3.30. The zero-order valence-corrected chi connectivity index (χ0v) is 16.0. The molecule has 0 saturated carbocycles. The summed E-state index contributed by atoms with van der Waals surface area (Å²) in [5.41, 5.74) is 2.55. The van der Waals surface area contributed by atoms with Crippen LogP contribution in [-0.4, -0.2) is 11.5 Å². The maximum Gasteiger partial charge on any atom is 0.251 e. The number of ether oxygens (including phenoxy) is 2. The molecular formula is C23H23NO4. The van der Waals surface area contributed by atoms with Crippen LogP contribution >= 0.6 is 0 Å². The molecule has 1 amide bonds. The van der Waals surface area contributed by atoms with E-state index in [-0.39, 0.29) is 11.5 Å². The molecule has 0 aliphatic carbocycles. The molecule has 5 heteroatoms. The van der Waals surface area contributed by atoms with Crippen LogP contribution in [0, 0.1) is 0 Å². The minimum absolute atomic E-state index is 0.139. The van der Waals surface area contributed by atoms with Crippen LogP contribution in [0.15, 0.2) is 65.3 Å². The molecule has 5 nitrogen and oxygen atoms in total. The predicted octanol–water partition coefficient (Wildman–Crippen LogP) is 4.50. The van der Waals surface area contributed by atoms with Crippen molar-refractivity contribution in [2.24, 2.45) is 0 Å². The molecule has 1 aromatic heterocycles. The van der Waals surface area contributed by atoms with Crippen LogP contribution in [-0.2, 0) is 19.6 Å². The molecule has 0 spiro atoms. The van der Waals surface area contributed by atoms with Gasteiger partial charge in [0.15, 0.2) is 11.5 Å². The second-order valence-electron chi connectivity index (χ2n) is 7.53. The number of rotatable bonds is 6. The average molecular weight is 377 g/mol. The first-order chi connectivity index (χ1) is 13.5. The number of nitrogens with one attached hydrogen (secondary N) is 1. The van der Waals surface area contributed by atoms with Crippen molar-refractivity contribution in [2.75, 3.05) is 0 Å². The average Bonchev–Trinajstić information content (AvgIpc) is 3.31. The van der Waals surface area contributed by atoms with Gasteiger partial charge in [0, 0.05) is 17.5 Å². The van der Waals surface area contributed by atoms with Crippen LogP contribution in [0.1, 0.15) is 41.1 Å². The number of carbonyl (C=O) groups is 1. The van der Waals surface area contributed by atoms with Gasteiger partial charge in [-0.05, 0) is 49.7 Å². The van der Waals surface area contributed by atoms with Crippen molar-refractivity contribution in [3.8, 4) is 11.5 Å². The van der Waals surface area contributed by atoms with Gasteiger partial charge in [-0.1, -0.05) is 24.3 Å². The van der Waals surface area contributed by atoms with Crippen molar-refractivity contribution in [1.82, 2.24) is 5.32 Å². The van der Waals surface area contributed by atoms with Crippen LogP contribution in [0.5, 0.6) is 11.5 Å². The van der Waals surface area contributed by atoms with Gasteiger partial charge < -0.3 is 19.2 Å². The summed E-state index contributed by atoms with van der Waals surface area (Å²) in [5, 5.41) is 2.83. The first kappa shape index (κ1) is 18.2. The molecule has 144 valence electrons. The minimum Gasteiger partial charge on any atom is -0.485 e. The van der Waals surface area contributed by atoms with Crippen LogP contribution < -0.4 is 14.8 Å². The van der Waals surface area contributed by atoms with E-state index in [1.165, 1.54) is 5.56 Å². The highest BCUT2D eigenvalue weighted by Crippen LogP contribution is 2.41. The van der Waals surface area contributed by atoms with Gasteiger partial charge >= 0.3 is 0 Å². The molecule has 0 fully saturated rings. The third-order valence-corrected chi connectivity index (χ3v) is 4.67. The third-order valence-electron chi connectivity index (χ3n) is 4.67. The number of amides is 1. The summed E-state index contributed by atoms with van der Waals surface area (Å²) in [6.07, 6.45) is 2.46. The standard InChI is InChI=1S/C23H23NO4/c1-23(2)13-18-5-3-7-20(21(18)28-23)27-15-16-8-10-17(11-9-16)22(25)24-14-19-6-4-12-26-19/h3-12H,13-15H2,1-2H3,(H,24,25). The molecule has 2 heterocycles. The van der Waals surface area contributed by atoms with Crippen molar-refractivity contribution in [3.63, 3.8) is 0 Å². The quantitative estimate of drug-likeness (QED) is 0.687. The van der Waals surface area contributed by atoms with E-state index in [1.54, 1.807) is 24.5 Å². The molecule has 0 bridgehead atoms. The number of para-hydroxylation sites is 1. The largest absolute Gasteiger partial charge is 0.485 e. The zero-order chi connectivity index (χ0) is 19.6. The second kappa shape index (κ2) is 7.43. The smallest absolute Gasteiger partial charge is 0.251 e. The van der Waals surface area contributed by atoms with E-state index < -0.39 is 0 Å². The number of carbonyl (C=O) groups excluding carboxylic acids is 1. The highest BCUT2D eigenvalue weighted by Gasteiger charge is 2.32. The van der Waals surface area contributed by atoms with Gasteiger partial charge in [0.1, 0.15) is 18.0 Å². The van der Waals surface area contributed by atoms with E-state index in [4.69, 9.17) is 13.9 Å². The van der Waals surface area contributed by atoms with Crippen molar-refractivity contribution in [2.45, 2.75) is 39.0 Å². The number of fused-ring (bicyclic) bond motifs is 1. The summed E-state index contributed by atoms with van der Waals surface area (Å²) in [4.78, 5) is 12.2. The van der Waals surface area contributed by atoms with E-state index in [1.807, 2.05) is 30.3 Å². The van der Waals surface area contributed by atoms with Crippen molar-refractivity contribution < 1.29 is 18.7 Å². The Kier molecular flexibility index (Phi) is 4.82. The first-order valence-electron chi connectivity index (χ1n) is 9.33. The molecule has 0 saturated heterocycles. The summed E-state index contributed by atoms with van der Waals surface area (Å²) >= 11 is 0. The second-order valence-corrected chi connectivity index (χ2v) is 7.53. The lowest BCUT2D eigenvalue weighted by molar-refractivity contribution is 0.0948. The minimum atomic E-state index is -0.202. The lowest BCUT2D eigenvalue weighted by Gasteiger charge is -2.18. The number of furan rings is 1. The lowest BCUT2D eigenvalue weighted by Crippen LogP contribution is -2.24. The molecule has 4 rings (SSSR count). The highest BCUT2D eigenvalue weighted by molar-refractivity contribution is 5.94. The summed E-state index contributed by atoms with van der Waals surface area (Å²) in [7, 11) is 0. The topological polar surface area (TPSA) is 60.7 Å². The molecule has 2 aromatic carbocycles. The SMILES string of the molecule is CC1(C)Cc2cccc(OCc3ccc(C(=O)NCc4ccco4)cc3)c2O1. The van der Waals surface area contributed by atoms with Gasteiger partial charge in [-0.25, -0.2) is 0 Å². The monoisotopic (exact) mass is 377 g/mol. The molecule has 1 aliphatic rings. The molecule has 28 heavy (non-hydrogen) atoms. The molecule has 1 N–H and O–H groups in total. The lowest BCUT2D eigenvalue weighted by atomic mass is 10.0. The Balaban J connectivity index is 1.36. The van der Waals surface area contributed by atoms with Gasteiger partial charge in [-0.15, -0.1) is 0 Å².